The number of halogens is 1. The topological polar surface area (TPSA) is 61.6 Å². The summed E-state index contributed by atoms with van der Waals surface area (Å²) in [6, 6.07) is 4.65. The molecule has 21 heavy (non-hydrogen) atoms. The summed E-state index contributed by atoms with van der Waals surface area (Å²) in [4.78, 5) is 16.4. The fraction of sp³-hybridized carbons (Fsp3) is 0.533. The second kappa shape index (κ2) is 6.87. The van der Waals surface area contributed by atoms with Gasteiger partial charge in [0, 0.05) is 31.2 Å². The van der Waals surface area contributed by atoms with Crippen LogP contribution in [-0.2, 0) is 4.79 Å². The van der Waals surface area contributed by atoms with E-state index in [0.717, 1.165) is 19.5 Å². The van der Waals surface area contributed by atoms with Crippen molar-refractivity contribution in [2.45, 2.75) is 18.9 Å². The van der Waals surface area contributed by atoms with Crippen LogP contribution >= 0.6 is 0 Å². The van der Waals surface area contributed by atoms with Gasteiger partial charge in [-0.1, -0.05) is 0 Å². The summed E-state index contributed by atoms with van der Waals surface area (Å²) in [7, 11) is 4.13. The number of likely N-dealkylation sites (N-methyl/N-ethyl adjacent to an activating group) is 2. The number of benzene rings is 1. The van der Waals surface area contributed by atoms with Crippen LogP contribution in [0.1, 0.15) is 12.8 Å². The lowest BCUT2D eigenvalue weighted by atomic mass is 10.2. The van der Waals surface area contributed by atoms with E-state index in [9.17, 15) is 9.18 Å². The number of hydrogen-bond acceptors (Lipinski definition) is 4. The van der Waals surface area contributed by atoms with Gasteiger partial charge < -0.3 is 20.9 Å². The van der Waals surface area contributed by atoms with Gasteiger partial charge in [-0.05, 0) is 45.3 Å². The molecule has 1 saturated heterocycles. The predicted octanol–water partition coefficient (Wildman–Crippen LogP) is 1.37. The van der Waals surface area contributed by atoms with Gasteiger partial charge in [0.25, 0.3) is 0 Å². The van der Waals surface area contributed by atoms with Crippen LogP contribution in [0.3, 0.4) is 0 Å². The van der Waals surface area contributed by atoms with E-state index in [1.165, 1.54) is 18.2 Å². The van der Waals surface area contributed by atoms with E-state index in [1.54, 1.807) is 0 Å². The number of hydrogen-bond donors (Lipinski definition) is 2. The first-order valence-electron chi connectivity index (χ1n) is 7.19. The number of likely N-dealkylation sites (tertiary alicyclic amines) is 1. The van der Waals surface area contributed by atoms with Crippen LogP contribution < -0.4 is 11.1 Å². The second-order valence-corrected chi connectivity index (χ2v) is 5.72. The number of nitrogens with zero attached hydrogens (tertiary/aromatic N) is 2. The minimum absolute atomic E-state index is 0.142. The third kappa shape index (κ3) is 4.41. The van der Waals surface area contributed by atoms with Gasteiger partial charge >= 0.3 is 0 Å². The SMILES string of the molecule is CN1CCC(N(C)CCC(=O)Nc2cc(N)ccc2F)C1. The molecule has 116 valence electrons. The summed E-state index contributed by atoms with van der Waals surface area (Å²) in [5.41, 5.74) is 6.16. The molecule has 1 amide bonds. The average Bonchev–Trinajstić information content (AvgIpc) is 2.87. The third-order valence-electron chi connectivity index (χ3n) is 3.95. The second-order valence-electron chi connectivity index (χ2n) is 5.72. The van der Waals surface area contributed by atoms with E-state index in [4.69, 9.17) is 5.73 Å². The van der Waals surface area contributed by atoms with E-state index >= 15 is 0 Å². The van der Waals surface area contributed by atoms with E-state index in [0.29, 0.717) is 24.7 Å². The Kier molecular flexibility index (Phi) is 5.14. The monoisotopic (exact) mass is 294 g/mol. The van der Waals surface area contributed by atoms with Gasteiger partial charge in [0.05, 0.1) is 5.69 Å². The van der Waals surface area contributed by atoms with Crippen LogP contribution in [0.2, 0.25) is 0 Å². The van der Waals surface area contributed by atoms with Crippen molar-refractivity contribution in [3.05, 3.63) is 24.0 Å². The largest absolute Gasteiger partial charge is 0.399 e. The molecule has 1 heterocycles. The minimum Gasteiger partial charge on any atom is -0.399 e. The van der Waals surface area contributed by atoms with Crippen LogP contribution in [0, 0.1) is 5.82 Å². The van der Waals surface area contributed by atoms with Crippen molar-refractivity contribution in [2.24, 2.45) is 0 Å². The van der Waals surface area contributed by atoms with Crippen molar-refractivity contribution in [1.29, 1.82) is 0 Å². The maximum atomic E-state index is 13.5. The first-order chi connectivity index (χ1) is 9.95. The summed E-state index contributed by atoms with van der Waals surface area (Å²) >= 11 is 0. The predicted molar refractivity (Wildman–Crippen MR) is 82.6 cm³/mol. The van der Waals surface area contributed by atoms with Crippen LogP contribution in [0.4, 0.5) is 15.8 Å². The molecular formula is C15H23FN4O. The Balaban J connectivity index is 1.80. The molecular weight excluding hydrogens is 271 g/mol. The molecule has 3 N–H and O–H groups in total. The molecule has 1 atom stereocenters. The van der Waals surface area contributed by atoms with Crippen LogP contribution in [-0.4, -0.2) is 55.5 Å². The summed E-state index contributed by atoms with van der Waals surface area (Å²) in [5, 5.41) is 2.57. The number of nitrogen functional groups attached to an aromatic ring is 1. The zero-order chi connectivity index (χ0) is 15.4. The Morgan fingerprint density at radius 2 is 2.33 bits per heavy atom. The minimum atomic E-state index is -0.469. The number of nitrogens with one attached hydrogen (secondary N) is 1. The lowest BCUT2D eigenvalue weighted by Gasteiger charge is -2.23. The zero-order valence-corrected chi connectivity index (χ0v) is 12.6. The number of carbonyl (C=O) groups is 1. The van der Waals surface area contributed by atoms with Gasteiger partial charge in [-0.3, -0.25) is 4.79 Å². The average molecular weight is 294 g/mol. The van der Waals surface area contributed by atoms with Crippen molar-refractivity contribution in [3.8, 4) is 0 Å². The summed E-state index contributed by atoms with van der Waals surface area (Å²) in [6.07, 6.45) is 1.46. The molecule has 0 saturated carbocycles. The summed E-state index contributed by atoms with van der Waals surface area (Å²) in [6.45, 7) is 2.78. The highest BCUT2D eigenvalue weighted by atomic mass is 19.1. The van der Waals surface area contributed by atoms with Gasteiger partial charge in [0.15, 0.2) is 0 Å². The van der Waals surface area contributed by atoms with Crippen molar-refractivity contribution >= 4 is 17.3 Å². The van der Waals surface area contributed by atoms with Crippen molar-refractivity contribution < 1.29 is 9.18 Å². The highest BCUT2D eigenvalue weighted by Crippen LogP contribution is 2.18. The summed E-state index contributed by atoms with van der Waals surface area (Å²) in [5.74, 6) is -0.666. The van der Waals surface area contributed by atoms with Gasteiger partial charge in [-0.25, -0.2) is 4.39 Å². The lowest BCUT2D eigenvalue weighted by molar-refractivity contribution is -0.116. The molecule has 1 aromatic carbocycles. The first-order valence-corrected chi connectivity index (χ1v) is 7.19. The molecule has 0 aromatic heterocycles. The van der Waals surface area contributed by atoms with Gasteiger partial charge in [0.2, 0.25) is 5.91 Å². The highest BCUT2D eigenvalue weighted by molar-refractivity contribution is 5.91. The fourth-order valence-corrected chi connectivity index (χ4v) is 2.58. The van der Waals surface area contributed by atoms with Gasteiger partial charge in [-0.2, -0.15) is 0 Å². The molecule has 1 aliphatic heterocycles. The molecule has 1 aliphatic rings. The molecule has 0 radical (unpaired) electrons. The quantitative estimate of drug-likeness (QED) is 0.805. The molecule has 6 heteroatoms. The molecule has 2 rings (SSSR count). The van der Waals surface area contributed by atoms with Crippen LogP contribution in [0.5, 0.6) is 0 Å². The normalized spacial score (nSPS) is 19.1. The Hall–Kier alpha value is -1.66. The Morgan fingerprint density at radius 3 is 3.00 bits per heavy atom. The lowest BCUT2D eigenvalue weighted by Crippen LogP contribution is -2.35. The molecule has 5 nitrogen and oxygen atoms in total. The zero-order valence-electron chi connectivity index (χ0n) is 12.6. The van der Waals surface area contributed by atoms with Crippen molar-refractivity contribution in [2.75, 3.05) is 44.8 Å². The number of rotatable bonds is 5. The van der Waals surface area contributed by atoms with E-state index in [1.807, 2.05) is 7.05 Å². The van der Waals surface area contributed by atoms with Gasteiger partial charge in [0.1, 0.15) is 5.82 Å². The molecule has 0 aliphatic carbocycles. The number of carbonyl (C=O) groups excluding carboxylic acids is 1. The molecule has 1 unspecified atom stereocenters. The first kappa shape index (κ1) is 15.7. The Morgan fingerprint density at radius 1 is 1.57 bits per heavy atom. The number of anilines is 2. The molecule has 1 fully saturated rings. The molecule has 1 aromatic rings. The standard InChI is InChI=1S/C15H23FN4O/c1-19-7-5-12(10-19)20(2)8-6-15(21)18-14-9-11(17)3-4-13(14)16/h3-4,9,12H,5-8,10,17H2,1-2H3,(H,18,21). The summed E-state index contributed by atoms with van der Waals surface area (Å²) < 4.78 is 13.5. The van der Waals surface area contributed by atoms with Crippen molar-refractivity contribution in [1.82, 2.24) is 9.80 Å². The van der Waals surface area contributed by atoms with E-state index in [2.05, 4.69) is 22.2 Å². The van der Waals surface area contributed by atoms with Crippen LogP contribution in [0.15, 0.2) is 18.2 Å². The smallest absolute Gasteiger partial charge is 0.225 e. The number of nitrogens with two attached hydrogens (primary N) is 1. The Labute approximate surface area is 124 Å². The molecule has 0 spiro atoms. The Bertz CT molecular complexity index is 508. The number of amides is 1. The molecule has 0 bridgehead atoms. The van der Waals surface area contributed by atoms with E-state index in [-0.39, 0.29) is 11.6 Å². The maximum absolute atomic E-state index is 13.5. The van der Waals surface area contributed by atoms with Crippen LogP contribution in [0.25, 0.3) is 0 Å². The van der Waals surface area contributed by atoms with E-state index < -0.39 is 5.82 Å². The highest BCUT2D eigenvalue weighted by Gasteiger charge is 2.23. The third-order valence-corrected chi connectivity index (χ3v) is 3.95. The fourth-order valence-electron chi connectivity index (χ4n) is 2.58. The van der Waals surface area contributed by atoms with Crippen molar-refractivity contribution in [3.63, 3.8) is 0 Å². The van der Waals surface area contributed by atoms with Gasteiger partial charge in [-0.15, -0.1) is 0 Å². The maximum Gasteiger partial charge on any atom is 0.225 e.